The Morgan fingerprint density at radius 3 is 2.50 bits per heavy atom. The zero-order valence-electron chi connectivity index (χ0n) is 14.8. The number of carbonyl (C=O) groups is 1. The molecule has 2 N–H and O–H groups in total. The van der Waals surface area contributed by atoms with E-state index in [0.717, 1.165) is 21.4 Å². The van der Waals surface area contributed by atoms with E-state index in [0.29, 0.717) is 16.7 Å². The third kappa shape index (κ3) is 5.81. The van der Waals surface area contributed by atoms with Gasteiger partial charge in [0.25, 0.3) is 0 Å². The average Bonchev–Trinajstić information content (AvgIpc) is 2.83. The molecule has 142 valence electrons. The first-order valence-electron chi connectivity index (χ1n) is 7.97. The summed E-state index contributed by atoms with van der Waals surface area (Å²) < 4.78 is 12.1. The molecule has 0 spiro atoms. The van der Waals surface area contributed by atoms with Crippen molar-refractivity contribution in [2.45, 2.75) is 36.3 Å². The van der Waals surface area contributed by atoms with E-state index in [1.54, 1.807) is 17.8 Å². The molecule has 26 heavy (non-hydrogen) atoms. The van der Waals surface area contributed by atoms with Gasteiger partial charge in [-0.3, -0.25) is 0 Å². The van der Waals surface area contributed by atoms with Crippen LogP contribution in [0, 0.1) is 0 Å². The number of nitrogens with two attached hydrogens (primary N) is 1. The highest BCUT2D eigenvalue weighted by Gasteiger charge is 2.19. The fourth-order valence-electron chi connectivity index (χ4n) is 2.24. The van der Waals surface area contributed by atoms with Gasteiger partial charge in [-0.05, 0) is 24.1 Å². The van der Waals surface area contributed by atoms with Crippen molar-refractivity contribution < 1.29 is 14.3 Å². The molecule has 0 radical (unpaired) electrons. The summed E-state index contributed by atoms with van der Waals surface area (Å²) in [5.41, 5.74) is 5.88. The molecule has 6 nitrogen and oxygen atoms in total. The van der Waals surface area contributed by atoms with E-state index in [4.69, 9.17) is 38.7 Å². The summed E-state index contributed by atoms with van der Waals surface area (Å²) in [6, 6.07) is 5.44. The van der Waals surface area contributed by atoms with Crippen LogP contribution in [0.4, 0.5) is 4.79 Å². The zero-order valence-corrected chi connectivity index (χ0v) is 17.1. The monoisotopic (exact) mass is 417 g/mol. The molecule has 0 saturated heterocycles. The highest BCUT2D eigenvalue weighted by Crippen LogP contribution is 2.36. The predicted molar refractivity (Wildman–Crippen MR) is 103 cm³/mol. The molecule has 2 aromatic rings. The van der Waals surface area contributed by atoms with Gasteiger partial charge in [-0.15, -0.1) is 0 Å². The highest BCUT2D eigenvalue weighted by atomic mass is 35.5. The number of aromatic nitrogens is 2. The van der Waals surface area contributed by atoms with Crippen LogP contribution in [0.2, 0.25) is 10.0 Å². The zero-order chi connectivity index (χ0) is 19.3. The van der Waals surface area contributed by atoms with Crippen LogP contribution in [-0.2, 0) is 23.1 Å². The highest BCUT2D eigenvalue weighted by molar-refractivity contribution is 7.99. The standard InChI is InChI=1S/C17H21Cl2N3O3S/c1-10(2)15-16(26-13-7-11(18)6-12(19)8-13)22(3)14(21-15)9-24-4-5-25-17(20)23/h6-8,10H,4-5,9H2,1-3H3,(H2,20,23). The van der Waals surface area contributed by atoms with Crippen molar-refractivity contribution in [3.8, 4) is 0 Å². The fraction of sp³-hybridized carbons (Fsp3) is 0.412. The van der Waals surface area contributed by atoms with E-state index in [-0.39, 0.29) is 19.1 Å². The van der Waals surface area contributed by atoms with E-state index in [2.05, 4.69) is 18.6 Å². The third-order valence-corrected chi connectivity index (χ3v) is 5.05. The van der Waals surface area contributed by atoms with Crippen molar-refractivity contribution in [1.29, 1.82) is 0 Å². The number of benzene rings is 1. The number of primary amides is 1. The van der Waals surface area contributed by atoms with Gasteiger partial charge in [0, 0.05) is 22.0 Å². The van der Waals surface area contributed by atoms with Crippen molar-refractivity contribution in [2.75, 3.05) is 13.2 Å². The number of halogens is 2. The third-order valence-electron chi connectivity index (χ3n) is 3.46. The first-order chi connectivity index (χ1) is 12.3. The van der Waals surface area contributed by atoms with Crippen LogP contribution in [0.1, 0.15) is 31.3 Å². The van der Waals surface area contributed by atoms with Crippen molar-refractivity contribution in [3.05, 3.63) is 39.8 Å². The second kappa shape index (κ2) is 9.50. The lowest BCUT2D eigenvalue weighted by atomic mass is 10.2. The maximum atomic E-state index is 10.5. The smallest absolute Gasteiger partial charge is 0.404 e. The Bertz CT molecular complexity index is 761. The van der Waals surface area contributed by atoms with Gasteiger partial charge in [-0.2, -0.15) is 0 Å². The van der Waals surface area contributed by atoms with Crippen LogP contribution in [0.15, 0.2) is 28.1 Å². The van der Waals surface area contributed by atoms with E-state index >= 15 is 0 Å². The minimum absolute atomic E-state index is 0.111. The number of hydrogen-bond acceptors (Lipinski definition) is 5. The molecule has 0 aliphatic rings. The summed E-state index contributed by atoms with van der Waals surface area (Å²) >= 11 is 13.8. The number of amides is 1. The molecule has 2 rings (SSSR count). The topological polar surface area (TPSA) is 79.4 Å². The van der Waals surface area contributed by atoms with Crippen molar-refractivity contribution >= 4 is 41.1 Å². The van der Waals surface area contributed by atoms with Crippen LogP contribution >= 0.6 is 35.0 Å². The Labute approximate surface area is 167 Å². The molecule has 0 atom stereocenters. The molecule has 0 aliphatic heterocycles. The second-order valence-electron chi connectivity index (χ2n) is 5.86. The predicted octanol–water partition coefficient (Wildman–Crippen LogP) is 4.61. The second-order valence-corrected chi connectivity index (χ2v) is 7.79. The molecular weight excluding hydrogens is 397 g/mol. The maximum absolute atomic E-state index is 10.5. The van der Waals surface area contributed by atoms with Gasteiger partial charge in [0.15, 0.2) is 0 Å². The Balaban J connectivity index is 2.14. The number of ether oxygens (including phenoxy) is 2. The largest absolute Gasteiger partial charge is 0.447 e. The summed E-state index contributed by atoms with van der Waals surface area (Å²) in [6.45, 7) is 4.83. The first-order valence-corrected chi connectivity index (χ1v) is 9.54. The number of nitrogens with zero attached hydrogens (tertiary/aromatic N) is 2. The molecule has 0 saturated carbocycles. The average molecular weight is 418 g/mol. The van der Waals surface area contributed by atoms with Gasteiger partial charge in [0.2, 0.25) is 0 Å². The molecule has 0 unspecified atom stereocenters. The van der Waals surface area contributed by atoms with Gasteiger partial charge in [0.05, 0.1) is 12.3 Å². The lowest BCUT2D eigenvalue weighted by molar-refractivity contribution is 0.0640. The van der Waals surface area contributed by atoms with E-state index in [1.807, 2.05) is 23.7 Å². The molecule has 0 fully saturated rings. The Hall–Kier alpha value is -1.41. The summed E-state index contributed by atoms with van der Waals surface area (Å²) in [7, 11) is 1.94. The van der Waals surface area contributed by atoms with E-state index in [1.165, 1.54) is 0 Å². The quantitative estimate of drug-likeness (QED) is 0.634. The number of rotatable bonds is 8. The molecule has 1 aromatic heterocycles. The molecule has 9 heteroatoms. The minimum atomic E-state index is -0.813. The van der Waals surface area contributed by atoms with Crippen molar-refractivity contribution in [1.82, 2.24) is 9.55 Å². The van der Waals surface area contributed by atoms with Crippen LogP contribution in [0.3, 0.4) is 0 Å². The van der Waals surface area contributed by atoms with Crippen molar-refractivity contribution in [3.63, 3.8) is 0 Å². The molecule has 0 aliphatic carbocycles. The SMILES string of the molecule is CC(C)c1nc(COCCOC(N)=O)n(C)c1Sc1cc(Cl)cc(Cl)c1. The summed E-state index contributed by atoms with van der Waals surface area (Å²) in [6.07, 6.45) is -0.813. The molecule has 1 aromatic carbocycles. The Morgan fingerprint density at radius 2 is 1.92 bits per heavy atom. The Kier molecular flexibility index (Phi) is 7.64. The van der Waals surface area contributed by atoms with Crippen LogP contribution < -0.4 is 5.73 Å². The van der Waals surface area contributed by atoms with Crippen molar-refractivity contribution in [2.24, 2.45) is 12.8 Å². The lowest BCUT2D eigenvalue weighted by Gasteiger charge is -2.09. The van der Waals surface area contributed by atoms with Gasteiger partial charge >= 0.3 is 6.09 Å². The van der Waals surface area contributed by atoms with E-state index in [9.17, 15) is 4.79 Å². The van der Waals surface area contributed by atoms with Gasteiger partial charge in [-0.1, -0.05) is 48.8 Å². The maximum Gasteiger partial charge on any atom is 0.404 e. The lowest BCUT2D eigenvalue weighted by Crippen LogP contribution is -2.16. The minimum Gasteiger partial charge on any atom is -0.447 e. The van der Waals surface area contributed by atoms with E-state index < -0.39 is 6.09 Å². The van der Waals surface area contributed by atoms with Crippen LogP contribution in [0.5, 0.6) is 0 Å². The van der Waals surface area contributed by atoms with Gasteiger partial charge in [0.1, 0.15) is 24.1 Å². The summed E-state index contributed by atoms with van der Waals surface area (Å²) in [5.74, 6) is 1.02. The van der Waals surface area contributed by atoms with Gasteiger partial charge < -0.3 is 19.8 Å². The Morgan fingerprint density at radius 1 is 1.27 bits per heavy atom. The summed E-state index contributed by atoms with van der Waals surface area (Å²) in [5, 5.41) is 2.18. The first kappa shape index (κ1) is 20.9. The molecule has 1 amide bonds. The normalized spacial score (nSPS) is 11.2. The number of carbonyl (C=O) groups excluding carboxylic acids is 1. The number of imidazole rings is 1. The van der Waals surface area contributed by atoms with Crippen LogP contribution in [-0.4, -0.2) is 28.9 Å². The summed E-state index contributed by atoms with van der Waals surface area (Å²) in [4.78, 5) is 16.2. The number of hydrogen-bond donors (Lipinski definition) is 1. The molecular formula is C17H21Cl2N3O3S. The fourth-order valence-corrected chi connectivity index (χ4v) is 4.12. The molecule has 1 heterocycles. The van der Waals surface area contributed by atoms with Gasteiger partial charge in [-0.25, -0.2) is 9.78 Å². The van der Waals surface area contributed by atoms with Crippen LogP contribution in [0.25, 0.3) is 0 Å². The molecule has 0 bridgehead atoms.